The molecule has 0 spiro atoms. The fraction of sp³-hybridized carbons (Fsp3) is 0.267. The second-order valence-electron chi connectivity index (χ2n) is 5.20. The number of hydrogen-bond acceptors (Lipinski definition) is 5. The van der Waals surface area contributed by atoms with Crippen LogP contribution in [0.1, 0.15) is 6.42 Å². The molecule has 24 heavy (non-hydrogen) atoms. The molecule has 2 aromatic rings. The molecule has 0 aliphatic rings. The lowest BCUT2D eigenvalue weighted by atomic mass is 10.4. The number of carbonyl (C=O) groups is 1. The molecule has 1 heterocycles. The highest BCUT2D eigenvalue weighted by Crippen LogP contribution is 2.11. The second-order valence-corrected chi connectivity index (χ2v) is 7.31. The Morgan fingerprint density at radius 1 is 1.08 bits per heavy atom. The van der Waals surface area contributed by atoms with Crippen molar-refractivity contribution < 1.29 is 13.2 Å². The number of hydrogen-bond donors (Lipinski definition) is 1. The van der Waals surface area contributed by atoms with Gasteiger partial charge in [-0.3, -0.25) is 18.7 Å². The van der Waals surface area contributed by atoms with Crippen molar-refractivity contribution in [2.75, 3.05) is 11.1 Å². The number of carbonyl (C=O) groups excluding carboxylic acids is 1. The smallest absolute Gasteiger partial charge is 0.312 e. The second kappa shape index (κ2) is 6.83. The van der Waals surface area contributed by atoms with Gasteiger partial charge >= 0.3 is 5.69 Å². The molecule has 1 amide bonds. The van der Waals surface area contributed by atoms with Crippen LogP contribution in [0.5, 0.6) is 0 Å². The highest BCUT2D eigenvalue weighted by Gasteiger charge is 2.17. The van der Waals surface area contributed by atoms with Crippen molar-refractivity contribution in [3.63, 3.8) is 0 Å². The normalized spacial score (nSPS) is 11.2. The summed E-state index contributed by atoms with van der Waals surface area (Å²) < 4.78 is 26.2. The number of sulfone groups is 1. The van der Waals surface area contributed by atoms with E-state index in [2.05, 4.69) is 5.32 Å². The third-order valence-corrected chi connectivity index (χ3v) is 5.23. The number of benzene rings is 1. The Bertz CT molecular complexity index is 974. The van der Waals surface area contributed by atoms with Gasteiger partial charge in [-0.2, -0.15) is 0 Å². The molecule has 1 aromatic carbocycles. The van der Waals surface area contributed by atoms with Crippen LogP contribution in [-0.4, -0.2) is 29.2 Å². The number of nitrogens with zero attached hydrogens (tertiary/aromatic N) is 2. The van der Waals surface area contributed by atoms with Gasteiger partial charge in [0.15, 0.2) is 9.84 Å². The van der Waals surface area contributed by atoms with Gasteiger partial charge < -0.3 is 5.32 Å². The summed E-state index contributed by atoms with van der Waals surface area (Å²) >= 11 is 0. The summed E-state index contributed by atoms with van der Waals surface area (Å²) in [5.74, 6) is -0.954. The zero-order valence-corrected chi connectivity index (χ0v) is 14.0. The van der Waals surface area contributed by atoms with Crippen LogP contribution in [-0.2, 0) is 28.7 Å². The maximum atomic E-state index is 12.1. The predicted octanol–water partition coefficient (Wildman–Crippen LogP) is -0.113. The highest BCUT2D eigenvalue weighted by molar-refractivity contribution is 7.91. The van der Waals surface area contributed by atoms with E-state index in [0.717, 1.165) is 15.2 Å². The van der Waals surface area contributed by atoms with Crippen LogP contribution in [0.3, 0.4) is 0 Å². The standard InChI is InChI=1S/C15H17N3O5S/c1-17-12(10-14(20)18(2)15(17)21)16-13(19)8-9-24(22,23)11-6-4-3-5-7-11/h3-7,10H,8-9H2,1-2H3,(H,16,19). The van der Waals surface area contributed by atoms with Crippen LogP contribution in [0.2, 0.25) is 0 Å². The van der Waals surface area contributed by atoms with Gasteiger partial charge in [-0.1, -0.05) is 18.2 Å². The summed E-state index contributed by atoms with van der Waals surface area (Å²) in [5, 5.41) is 2.39. The molecular formula is C15H17N3O5S. The summed E-state index contributed by atoms with van der Waals surface area (Å²) in [6.07, 6.45) is -0.291. The van der Waals surface area contributed by atoms with Crippen LogP contribution < -0.4 is 16.6 Å². The lowest BCUT2D eigenvalue weighted by Crippen LogP contribution is -2.38. The van der Waals surface area contributed by atoms with Gasteiger partial charge in [-0.25, -0.2) is 13.2 Å². The average molecular weight is 351 g/mol. The minimum absolute atomic E-state index is 0.0187. The summed E-state index contributed by atoms with van der Waals surface area (Å²) in [6, 6.07) is 8.91. The average Bonchev–Trinajstić information content (AvgIpc) is 2.57. The topological polar surface area (TPSA) is 107 Å². The first-order valence-corrected chi connectivity index (χ1v) is 8.72. The third-order valence-electron chi connectivity index (χ3n) is 3.49. The first-order valence-electron chi connectivity index (χ1n) is 7.07. The molecule has 1 N–H and O–H groups in total. The van der Waals surface area contributed by atoms with Crippen LogP contribution >= 0.6 is 0 Å². The molecule has 0 fully saturated rings. The number of amides is 1. The van der Waals surface area contributed by atoms with Gasteiger partial charge in [0.2, 0.25) is 5.91 Å². The number of aromatic nitrogens is 2. The van der Waals surface area contributed by atoms with Crippen molar-refractivity contribution in [1.82, 2.24) is 9.13 Å². The molecule has 9 heteroatoms. The van der Waals surface area contributed by atoms with Crippen LogP contribution in [0, 0.1) is 0 Å². The Kier molecular flexibility index (Phi) is 5.03. The molecule has 128 valence electrons. The van der Waals surface area contributed by atoms with E-state index in [0.29, 0.717) is 0 Å². The van der Waals surface area contributed by atoms with Gasteiger partial charge in [0, 0.05) is 26.6 Å². The molecule has 0 atom stereocenters. The SMILES string of the molecule is Cn1c(NC(=O)CCS(=O)(=O)c2ccccc2)cc(=O)n(C)c1=O. The molecule has 1 aromatic heterocycles. The molecule has 0 unspecified atom stereocenters. The number of nitrogens with one attached hydrogen (secondary N) is 1. The molecule has 0 saturated heterocycles. The van der Waals surface area contributed by atoms with Gasteiger partial charge in [0.1, 0.15) is 5.82 Å². The minimum Gasteiger partial charge on any atom is -0.312 e. The van der Waals surface area contributed by atoms with Gasteiger partial charge in [0.05, 0.1) is 10.6 Å². The lowest BCUT2D eigenvalue weighted by Gasteiger charge is -2.10. The zero-order valence-electron chi connectivity index (χ0n) is 13.2. The zero-order chi connectivity index (χ0) is 17.9. The summed E-state index contributed by atoms with van der Waals surface area (Å²) in [7, 11) is -0.853. The number of anilines is 1. The summed E-state index contributed by atoms with van der Waals surface area (Å²) in [6.45, 7) is 0. The summed E-state index contributed by atoms with van der Waals surface area (Å²) in [4.78, 5) is 35.5. The van der Waals surface area contributed by atoms with E-state index < -0.39 is 27.0 Å². The van der Waals surface area contributed by atoms with E-state index in [9.17, 15) is 22.8 Å². The van der Waals surface area contributed by atoms with Crippen LogP contribution in [0.15, 0.2) is 50.9 Å². The van der Waals surface area contributed by atoms with E-state index in [-0.39, 0.29) is 22.9 Å². The van der Waals surface area contributed by atoms with E-state index in [1.165, 1.54) is 26.2 Å². The quantitative estimate of drug-likeness (QED) is 0.808. The summed E-state index contributed by atoms with van der Waals surface area (Å²) in [5.41, 5.74) is -1.15. The van der Waals surface area contributed by atoms with Crippen LogP contribution in [0.4, 0.5) is 5.82 Å². The predicted molar refractivity (Wildman–Crippen MR) is 88.7 cm³/mol. The third kappa shape index (κ3) is 3.80. The monoisotopic (exact) mass is 351 g/mol. The van der Waals surface area contributed by atoms with Crippen molar-refractivity contribution >= 4 is 21.6 Å². The van der Waals surface area contributed by atoms with Crippen molar-refractivity contribution in [2.45, 2.75) is 11.3 Å². The highest BCUT2D eigenvalue weighted by atomic mass is 32.2. The first kappa shape index (κ1) is 17.7. The van der Waals surface area contributed by atoms with E-state index in [1.54, 1.807) is 18.2 Å². The van der Waals surface area contributed by atoms with Gasteiger partial charge in [0.25, 0.3) is 5.56 Å². The lowest BCUT2D eigenvalue weighted by molar-refractivity contribution is -0.115. The van der Waals surface area contributed by atoms with E-state index in [4.69, 9.17) is 0 Å². The first-order chi connectivity index (χ1) is 11.2. The van der Waals surface area contributed by atoms with Gasteiger partial charge in [-0.15, -0.1) is 0 Å². The van der Waals surface area contributed by atoms with E-state index >= 15 is 0 Å². The molecule has 8 nitrogen and oxygen atoms in total. The maximum Gasteiger partial charge on any atom is 0.332 e. The Hall–Kier alpha value is -2.68. The van der Waals surface area contributed by atoms with Crippen molar-refractivity contribution in [3.8, 4) is 0 Å². The Morgan fingerprint density at radius 3 is 2.33 bits per heavy atom. The number of rotatable bonds is 5. The molecule has 0 aliphatic carbocycles. The molecule has 0 bridgehead atoms. The van der Waals surface area contributed by atoms with Crippen molar-refractivity contribution in [1.29, 1.82) is 0 Å². The molecule has 0 radical (unpaired) electrons. The molecule has 0 aliphatic heterocycles. The van der Waals surface area contributed by atoms with Crippen molar-refractivity contribution in [2.24, 2.45) is 14.1 Å². The molecule has 2 rings (SSSR count). The van der Waals surface area contributed by atoms with Crippen LogP contribution in [0.25, 0.3) is 0 Å². The Morgan fingerprint density at radius 2 is 1.71 bits per heavy atom. The maximum absolute atomic E-state index is 12.1. The molecule has 0 saturated carbocycles. The van der Waals surface area contributed by atoms with Crippen molar-refractivity contribution in [3.05, 3.63) is 57.2 Å². The largest absolute Gasteiger partial charge is 0.332 e. The minimum atomic E-state index is -3.58. The van der Waals surface area contributed by atoms with E-state index in [1.807, 2.05) is 0 Å². The fourth-order valence-corrected chi connectivity index (χ4v) is 3.29. The Balaban J connectivity index is 2.10. The van der Waals surface area contributed by atoms with Gasteiger partial charge in [-0.05, 0) is 12.1 Å². The fourth-order valence-electron chi connectivity index (χ4n) is 2.03. The molecular weight excluding hydrogens is 334 g/mol. The Labute approximate surface area is 138 Å².